The molecule has 0 amide bonds. The van der Waals surface area contributed by atoms with Crippen LogP contribution in [0.3, 0.4) is 0 Å². The number of hydrogen-bond donors (Lipinski definition) is 1. The first-order chi connectivity index (χ1) is 10.1. The van der Waals surface area contributed by atoms with Gasteiger partial charge in [0.2, 0.25) is 0 Å². The highest BCUT2D eigenvalue weighted by atomic mass is 16.5. The molecule has 3 aliphatic rings. The summed E-state index contributed by atoms with van der Waals surface area (Å²) < 4.78 is 5.81. The monoisotopic (exact) mass is 288 g/mol. The number of rotatable bonds is 4. The molecule has 0 aromatic carbocycles. The fourth-order valence-electron chi connectivity index (χ4n) is 4.25. The molecule has 2 heteroatoms. The van der Waals surface area contributed by atoms with Crippen molar-refractivity contribution in [2.75, 3.05) is 6.61 Å². The van der Waals surface area contributed by atoms with E-state index in [0.29, 0.717) is 17.8 Å². The summed E-state index contributed by atoms with van der Waals surface area (Å²) in [5.74, 6) is 1.61. The molecule has 1 saturated heterocycles. The smallest absolute Gasteiger partial charge is 0.0833 e. The quantitative estimate of drug-likeness (QED) is 0.796. The molecule has 6 atom stereocenters. The molecule has 0 radical (unpaired) electrons. The Kier molecular flexibility index (Phi) is 4.37. The van der Waals surface area contributed by atoms with E-state index < -0.39 is 0 Å². The zero-order chi connectivity index (χ0) is 15.0. The molecule has 1 N–H and O–H groups in total. The predicted molar refractivity (Wildman–Crippen MR) is 85.9 cm³/mol. The molecule has 1 heterocycles. The highest BCUT2D eigenvalue weighted by molar-refractivity contribution is 5.28. The molecule has 2 aliphatic carbocycles. The lowest BCUT2D eigenvalue weighted by Crippen LogP contribution is -2.34. The third kappa shape index (κ3) is 2.89. The minimum Gasteiger partial charge on any atom is -0.392 e. The second-order valence-electron chi connectivity index (χ2n) is 7.27. The van der Waals surface area contributed by atoms with E-state index >= 15 is 0 Å². The van der Waals surface area contributed by atoms with E-state index in [9.17, 15) is 5.11 Å². The van der Waals surface area contributed by atoms with E-state index in [1.165, 1.54) is 11.1 Å². The minimum atomic E-state index is -0.228. The largest absolute Gasteiger partial charge is 0.392 e. The van der Waals surface area contributed by atoms with Crippen LogP contribution >= 0.6 is 0 Å². The summed E-state index contributed by atoms with van der Waals surface area (Å²) in [4.78, 5) is 0. The molecule has 1 aliphatic heterocycles. The van der Waals surface area contributed by atoms with E-state index in [2.05, 4.69) is 45.1 Å². The van der Waals surface area contributed by atoms with Gasteiger partial charge in [-0.1, -0.05) is 36.8 Å². The van der Waals surface area contributed by atoms with E-state index in [0.717, 1.165) is 25.9 Å². The lowest BCUT2D eigenvalue weighted by Gasteiger charge is -2.31. The topological polar surface area (TPSA) is 29.5 Å². The van der Waals surface area contributed by atoms with E-state index in [4.69, 9.17) is 4.74 Å². The van der Waals surface area contributed by atoms with Gasteiger partial charge < -0.3 is 9.84 Å². The Morgan fingerprint density at radius 2 is 2.24 bits per heavy atom. The van der Waals surface area contributed by atoms with Crippen molar-refractivity contribution in [3.05, 3.63) is 35.5 Å². The van der Waals surface area contributed by atoms with Gasteiger partial charge in [0.25, 0.3) is 0 Å². The molecule has 0 unspecified atom stereocenters. The molecular weight excluding hydrogens is 260 g/mol. The third-order valence-corrected chi connectivity index (χ3v) is 5.55. The maximum Gasteiger partial charge on any atom is 0.0833 e. The molecule has 116 valence electrons. The van der Waals surface area contributed by atoms with Crippen molar-refractivity contribution >= 4 is 0 Å². The van der Waals surface area contributed by atoms with Crippen LogP contribution in [-0.4, -0.2) is 23.9 Å². The summed E-state index contributed by atoms with van der Waals surface area (Å²) in [6.07, 6.45) is 12.3. The second-order valence-corrected chi connectivity index (χ2v) is 7.27. The van der Waals surface area contributed by atoms with E-state index in [1.54, 1.807) is 0 Å². The molecule has 0 aromatic heterocycles. The normalized spacial score (nSPS) is 38.7. The van der Waals surface area contributed by atoms with E-state index in [-0.39, 0.29) is 18.1 Å². The minimum absolute atomic E-state index is 0.218. The van der Waals surface area contributed by atoms with Crippen molar-refractivity contribution in [1.82, 2.24) is 0 Å². The molecule has 0 aromatic rings. The van der Waals surface area contributed by atoms with Crippen molar-refractivity contribution < 1.29 is 9.84 Å². The van der Waals surface area contributed by atoms with Gasteiger partial charge in [-0.2, -0.15) is 0 Å². The Labute approximate surface area is 128 Å². The summed E-state index contributed by atoms with van der Waals surface area (Å²) in [5, 5.41) is 10.9. The Morgan fingerprint density at radius 3 is 3.00 bits per heavy atom. The average Bonchev–Trinajstić information content (AvgIpc) is 2.97. The molecule has 0 spiro atoms. The van der Waals surface area contributed by atoms with Crippen molar-refractivity contribution in [3.63, 3.8) is 0 Å². The summed E-state index contributed by atoms with van der Waals surface area (Å²) in [7, 11) is 0. The highest BCUT2D eigenvalue weighted by Crippen LogP contribution is 2.46. The van der Waals surface area contributed by atoms with Gasteiger partial charge in [-0.25, -0.2) is 0 Å². The Morgan fingerprint density at radius 1 is 1.43 bits per heavy atom. The van der Waals surface area contributed by atoms with Crippen LogP contribution in [0.25, 0.3) is 0 Å². The van der Waals surface area contributed by atoms with Crippen LogP contribution in [0, 0.1) is 23.7 Å². The first kappa shape index (κ1) is 15.1. The number of hydrogen-bond acceptors (Lipinski definition) is 2. The highest BCUT2D eigenvalue weighted by Gasteiger charge is 2.46. The SMILES string of the molecule is CC(C)=CCC[C@@H](C)[C@@H]1CC=C2CO[C@@H]3C=C[C@@H]([C@@H]1O)[C@H]23. The van der Waals surface area contributed by atoms with Gasteiger partial charge >= 0.3 is 0 Å². The average molecular weight is 288 g/mol. The van der Waals surface area contributed by atoms with Crippen LogP contribution in [0.4, 0.5) is 0 Å². The third-order valence-electron chi connectivity index (χ3n) is 5.55. The first-order valence-corrected chi connectivity index (χ1v) is 8.38. The molecule has 21 heavy (non-hydrogen) atoms. The number of aliphatic hydroxyl groups is 1. The standard InChI is InChI=1S/C19H28O2/c1-12(2)5-4-6-13(3)15-8-7-14-11-21-17-10-9-16(18(14)17)19(15)20/h5,7,9-10,13,15-20H,4,6,8,11H2,1-3H3/t13-,15+,16-,17-,18+,19-/m1/s1. The maximum absolute atomic E-state index is 10.9. The van der Waals surface area contributed by atoms with Gasteiger partial charge in [0.15, 0.2) is 0 Å². The molecule has 1 fully saturated rings. The fourth-order valence-corrected chi connectivity index (χ4v) is 4.25. The predicted octanol–water partition coefficient (Wildman–Crippen LogP) is 3.88. The Hall–Kier alpha value is -0.860. The fraction of sp³-hybridized carbons (Fsp3) is 0.684. The van der Waals surface area contributed by atoms with Crippen molar-refractivity contribution in [2.45, 2.75) is 52.2 Å². The van der Waals surface area contributed by atoms with Gasteiger partial charge in [0.05, 0.1) is 18.8 Å². The van der Waals surface area contributed by atoms with Crippen LogP contribution in [-0.2, 0) is 4.74 Å². The zero-order valence-electron chi connectivity index (χ0n) is 13.5. The summed E-state index contributed by atoms with van der Waals surface area (Å²) in [5.41, 5.74) is 2.81. The van der Waals surface area contributed by atoms with Crippen LogP contribution in [0.2, 0.25) is 0 Å². The lowest BCUT2D eigenvalue weighted by molar-refractivity contribution is 0.0228. The van der Waals surface area contributed by atoms with Gasteiger partial charge in [-0.05, 0) is 50.5 Å². The van der Waals surface area contributed by atoms with Gasteiger partial charge in [0.1, 0.15) is 0 Å². The molecule has 0 bridgehead atoms. The number of aliphatic hydroxyl groups excluding tert-OH is 1. The van der Waals surface area contributed by atoms with Gasteiger partial charge in [-0.3, -0.25) is 0 Å². The van der Waals surface area contributed by atoms with Crippen molar-refractivity contribution in [2.24, 2.45) is 23.7 Å². The van der Waals surface area contributed by atoms with Gasteiger partial charge in [-0.15, -0.1) is 0 Å². The Balaban J connectivity index is 1.70. The van der Waals surface area contributed by atoms with E-state index in [1.807, 2.05) is 0 Å². The summed E-state index contributed by atoms with van der Waals surface area (Å²) >= 11 is 0. The first-order valence-electron chi connectivity index (χ1n) is 8.38. The number of ether oxygens (including phenoxy) is 1. The van der Waals surface area contributed by atoms with Crippen molar-refractivity contribution in [3.8, 4) is 0 Å². The van der Waals surface area contributed by atoms with Gasteiger partial charge in [0, 0.05) is 11.8 Å². The van der Waals surface area contributed by atoms with Crippen LogP contribution in [0.5, 0.6) is 0 Å². The van der Waals surface area contributed by atoms with Crippen LogP contribution < -0.4 is 0 Å². The molecule has 3 rings (SSSR count). The van der Waals surface area contributed by atoms with Crippen molar-refractivity contribution in [1.29, 1.82) is 0 Å². The Bertz CT molecular complexity index is 470. The van der Waals surface area contributed by atoms with Crippen LogP contribution in [0.1, 0.15) is 40.0 Å². The second kappa shape index (κ2) is 6.10. The maximum atomic E-state index is 10.9. The molecule has 0 saturated carbocycles. The summed E-state index contributed by atoms with van der Waals surface area (Å²) in [6, 6.07) is 0. The number of allylic oxidation sites excluding steroid dienone is 3. The van der Waals surface area contributed by atoms with Crippen LogP contribution in [0.15, 0.2) is 35.5 Å². The summed E-state index contributed by atoms with van der Waals surface area (Å²) in [6.45, 7) is 7.38. The molecular formula is C19H28O2. The lowest BCUT2D eigenvalue weighted by atomic mass is 9.77. The molecule has 2 nitrogen and oxygen atoms in total. The zero-order valence-corrected chi connectivity index (χ0v) is 13.5.